The van der Waals surface area contributed by atoms with Gasteiger partial charge in [0, 0.05) is 36.3 Å². The Morgan fingerprint density at radius 3 is 2.42 bits per heavy atom. The third-order valence-corrected chi connectivity index (χ3v) is 8.31. The molecule has 1 fully saturated rings. The molecule has 3 aromatic rings. The minimum absolute atomic E-state index is 0.0382. The monoisotopic (exact) mass is 626 g/mol. The highest BCUT2D eigenvalue weighted by Gasteiger charge is 2.37. The number of likely N-dealkylation sites (tertiary alicyclic amines) is 1. The van der Waals surface area contributed by atoms with Crippen LogP contribution in [0.2, 0.25) is 0 Å². The van der Waals surface area contributed by atoms with Crippen LogP contribution in [0.1, 0.15) is 41.5 Å². The fraction of sp³-hybridized carbons (Fsp3) is 0.357. The summed E-state index contributed by atoms with van der Waals surface area (Å²) in [7, 11) is 1.70. The van der Waals surface area contributed by atoms with Gasteiger partial charge < -0.3 is 15.1 Å². The molecular formula is C28H31IN6O3. The number of fused-ring (bicyclic) bond motifs is 1. The largest absolute Gasteiger partial charge is 0.340 e. The molecule has 1 aromatic heterocycles. The maximum atomic E-state index is 13.7. The van der Waals surface area contributed by atoms with Crippen LogP contribution in [0.3, 0.4) is 0 Å². The quantitative estimate of drug-likeness (QED) is 0.323. The van der Waals surface area contributed by atoms with Gasteiger partial charge in [0.1, 0.15) is 11.9 Å². The number of rotatable bonds is 6. The standard InChI is InChI=1S/C28H31IN6O3/c1-19-30-17-24-18-34(28(38)35(19)24)23-12-14-33(15-13-23)26(36)25(21-6-4-3-5-7-21)31-27(37)32(2)22-10-8-20(16-29)9-11-22/h3-11,17,23,25H,12-16,18H2,1-2H3,(H,31,37). The highest BCUT2D eigenvalue weighted by atomic mass is 127. The van der Waals surface area contributed by atoms with Crippen LogP contribution in [0.25, 0.3) is 0 Å². The van der Waals surface area contributed by atoms with E-state index in [9.17, 15) is 14.4 Å². The number of benzene rings is 2. The van der Waals surface area contributed by atoms with Crippen molar-refractivity contribution in [2.45, 2.75) is 42.8 Å². The highest BCUT2D eigenvalue weighted by molar-refractivity contribution is 14.1. The molecule has 2 aromatic carbocycles. The number of imidazole rings is 1. The normalized spacial score (nSPS) is 16.3. The average molecular weight is 626 g/mol. The van der Waals surface area contributed by atoms with Crippen molar-refractivity contribution in [1.29, 1.82) is 0 Å². The Balaban J connectivity index is 1.26. The van der Waals surface area contributed by atoms with Gasteiger partial charge in [-0.2, -0.15) is 0 Å². The van der Waals surface area contributed by atoms with Gasteiger partial charge in [0.25, 0.3) is 0 Å². The Kier molecular flexibility index (Phi) is 7.68. The second-order valence-corrected chi connectivity index (χ2v) is 10.5. The first-order valence-corrected chi connectivity index (χ1v) is 14.3. The third kappa shape index (κ3) is 5.13. The lowest BCUT2D eigenvalue weighted by Crippen LogP contribution is -2.51. The molecule has 3 heterocycles. The van der Waals surface area contributed by atoms with E-state index in [0.717, 1.165) is 21.4 Å². The van der Waals surface area contributed by atoms with Crippen molar-refractivity contribution >= 4 is 46.2 Å². The highest BCUT2D eigenvalue weighted by Crippen LogP contribution is 2.27. The molecule has 2 aliphatic rings. The van der Waals surface area contributed by atoms with Crippen molar-refractivity contribution in [1.82, 2.24) is 24.7 Å². The number of anilines is 1. The van der Waals surface area contributed by atoms with Crippen LogP contribution in [0.4, 0.5) is 15.3 Å². The van der Waals surface area contributed by atoms with Gasteiger partial charge in [0.2, 0.25) is 5.91 Å². The molecule has 198 valence electrons. The summed E-state index contributed by atoms with van der Waals surface area (Å²) in [5, 5.41) is 2.96. The van der Waals surface area contributed by atoms with E-state index in [1.54, 1.807) is 22.7 Å². The number of nitrogens with zero attached hydrogens (tertiary/aromatic N) is 5. The summed E-state index contributed by atoms with van der Waals surface area (Å²) < 4.78 is 2.57. The van der Waals surface area contributed by atoms with E-state index in [4.69, 9.17) is 0 Å². The SMILES string of the molecule is Cc1ncc2n1C(=O)N(C1CCN(C(=O)C(NC(=O)N(C)c3ccc(CI)cc3)c3ccccc3)CC1)C2. The fourth-order valence-corrected chi connectivity index (χ4v) is 5.69. The van der Waals surface area contributed by atoms with Crippen LogP contribution in [0.5, 0.6) is 0 Å². The molecule has 2 aliphatic heterocycles. The molecule has 38 heavy (non-hydrogen) atoms. The Morgan fingerprint density at radius 2 is 1.79 bits per heavy atom. The molecule has 0 bridgehead atoms. The molecular weight excluding hydrogens is 595 g/mol. The predicted octanol–water partition coefficient (Wildman–Crippen LogP) is 4.49. The number of halogens is 1. The van der Waals surface area contributed by atoms with Gasteiger partial charge in [-0.3, -0.25) is 14.3 Å². The summed E-state index contributed by atoms with van der Waals surface area (Å²) in [5.74, 6) is 0.559. The maximum absolute atomic E-state index is 13.7. The van der Waals surface area contributed by atoms with Crippen LogP contribution in [0, 0.1) is 6.92 Å². The smallest absolute Gasteiger partial charge is 0.330 e. The fourth-order valence-electron chi connectivity index (χ4n) is 5.18. The zero-order chi connectivity index (χ0) is 26.8. The van der Waals surface area contributed by atoms with E-state index >= 15 is 0 Å². The van der Waals surface area contributed by atoms with Crippen LogP contribution >= 0.6 is 22.6 Å². The van der Waals surface area contributed by atoms with E-state index in [1.165, 1.54) is 10.5 Å². The number of aryl methyl sites for hydroxylation is 1. The summed E-state index contributed by atoms with van der Waals surface area (Å²) in [5.41, 5.74) is 3.58. The first-order chi connectivity index (χ1) is 18.4. The summed E-state index contributed by atoms with van der Waals surface area (Å²) >= 11 is 2.30. The van der Waals surface area contributed by atoms with Crippen molar-refractivity contribution < 1.29 is 14.4 Å². The van der Waals surface area contributed by atoms with Gasteiger partial charge in [-0.1, -0.05) is 65.1 Å². The second kappa shape index (κ2) is 11.1. The molecule has 9 nitrogen and oxygen atoms in total. The number of hydrogen-bond acceptors (Lipinski definition) is 4. The van der Waals surface area contributed by atoms with Crippen LogP contribution in [-0.2, 0) is 15.8 Å². The number of amides is 4. The number of nitrogens with one attached hydrogen (secondary N) is 1. The zero-order valence-electron chi connectivity index (χ0n) is 21.5. The summed E-state index contributed by atoms with van der Waals surface area (Å²) in [6, 6.07) is 16.0. The van der Waals surface area contributed by atoms with Gasteiger partial charge >= 0.3 is 12.1 Å². The lowest BCUT2D eigenvalue weighted by Gasteiger charge is -2.38. The Hall–Kier alpha value is -3.41. The number of carbonyl (C=O) groups excluding carboxylic acids is 3. The van der Waals surface area contributed by atoms with E-state index in [2.05, 4.69) is 32.9 Å². The first-order valence-electron chi connectivity index (χ1n) is 12.7. The van der Waals surface area contributed by atoms with Crippen molar-refractivity contribution in [3.8, 4) is 0 Å². The second-order valence-electron chi connectivity index (χ2n) is 9.75. The van der Waals surface area contributed by atoms with Crippen molar-refractivity contribution in [2.75, 3.05) is 25.0 Å². The molecule has 0 saturated carbocycles. The van der Waals surface area contributed by atoms with Gasteiger partial charge in [-0.05, 0) is 43.0 Å². The molecule has 4 amide bonds. The topological polar surface area (TPSA) is 90.8 Å². The molecule has 1 N–H and O–H groups in total. The summed E-state index contributed by atoms with van der Waals surface area (Å²) in [6.45, 7) is 3.42. The van der Waals surface area contributed by atoms with Crippen molar-refractivity contribution in [3.05, 3.63) is 83.4 Å². The number of alkyl halides is 1. The minimum Gasteiger partial charge on any atom is -0.340 e. The number of carbonyl (C=O) groups is 3. The Labute approximate surface area is 235 Å². The Bertz CT molecular complexity index is 1320. The van der Waals surface area contributed by atoms with Gasteiger partial charge in [0.15, 0.2) is 0 Å². The molecule has 1 saturated heterocycles. The lowest BCUT2D eigenvalue weighted by atomic mass is 10.0. The minimum atomic E-state index is -0.806. The lowest BCUT2D eigenvalue weighted by molar-refractivity contribution is -0.134. The van der Waals surface area contributed by atoms with E-state index in [1.807, 2.05) is 66.4 Å². The first kappa shape index (κ1) is 26.2. The van der Waals surface area contributed by atoms with Crippen LogP contribution in [-0.4, -0.2) is 63.5 Å². The number of urea groups is 1. The molecule has 0 aliphatic carbocycles. The van der Waals surface area contributed by atoms with Crippen LogP contribution < -0.4 is 10.2 Å². The van der Waals surface area contributed by atoms with Crippen molar-refractivity contribution in [3.63, 3.8) is 0 Å². The number of aromatic nitrogens is 2. The summed E-state index contributed by atoms with van der Waals surface area (Å²) in [4.78, 5) is 49.4. The molecule has 10 heteroatoms. The zero-order valence-corrected chi connectivity index (χ0v) is 23.7. The molecule has 1 atom stereocenters. The Morgan fingerprint density at radius 1 is 1.11 bits per heavy atom. The van der Waals surface area contributed by atoms with Gasteiger partial charge in [0.05, 0.1) is 18.4 Å². The predicted molar refractivity (Wildman–Crippen MR) is 153 cm³/mol. The molecule has 0 radical (unpaired) electrons. The molecule has 0 spiro atoms. The maximum Gasteiger partial charge on any atom is 0.330 e. The van der Waals surface area contributed by atoms with E-state index < -0.39 is 6.04 Å². The number of piperidine rings is 1. The van der Waals surface area contributed by atoms with E-state index in [-0.39, 0.29) is 24.0 Å². The average Bonchev–Trinajstić information content (AvgIpc) is 3.50. The summed E-state index contributed by atoms with van der Waals surface area (Å²) in [6.07, 6.45) is 3.13. The molecule has 5 rings (SSSR count). The van der Waals surface area contributed by atoms with E-state index in [0.29, 0.717) is 38.3 Å². The third-order valence-electron chi connectivity index (χ3n) is 7.43. The van der Waals surface area contributed by atoms with Crippen LogP contribution in [0.15, 0.2) is 60.8 Å². The van der Waals surface area contributed by atoms with Gasteiger partial charge in [-0.25, -0.2) is 14.6 Å². The van der Waals surface area contributed by atoms with Crippen molar-refractivity contribution in [2.24, 2.45) is 0 Å². The number of hydrogen-bond donors (Lipinski definition) is 1. The van der Waals surface area contributed by atoms with Gasteiger partial charge in [-0.15, -0.1) is 0 Å². The molecule has 1 unspecified atom stereocenters.